The molecule has 0 fully saturated rings. The van der Waals surface area contributed by atoms with Crippen molar-refractivity contribution in [3.05, 3.63) is 34.6 Å². The number of hydrogen-bond acceptors (Lipinski definition) is 5. The monoisotopic (exact) mass is 350 g/mol. The molecule has 1 aromatic heterocycles. The summed E-state index contributed by atoms with van der Waals surface area (Å²) >= 11 is 2.88. The topological polar surface area (TPSA) is 55.5 Å². The van der Waals surface area contributed by atoms with Gasteiger partial charge in [-0.3, -0.25) is 4.79 Å². The largest absolute Gasteiger partial charge is 0.441 e. The number of carbonyl (C=O) groups excluding carboxylic acids is 1. The van der Waals surface area contributed by atoms with Crippen LogP contribution in [0.1, 0.15) is 39.1 Å². The van der Waals surface area contributed by atoms with Gasteiger partial charge in [-0.2, -0.15) is 4.99 Å². The molecule has 0 spiro atoms. The standard InChI is InChI=1S/C13H10N2O2S2.2C2H6/c1-7-14-9-4-3-8(5-10(9)17-7)6-11-12(16)15-13(18-2)19-11;2*1-2/h3-6H,1-2H3;2*1-2H3/b11-6-;;. The first kappa shape index (κ1) is 19.5. The van der Waals surface area contributed by atoms with E-state index in [1.165, 1.54) is 23.5 Å². The summed E-state index contributed by atoms with van der Waals surface area (Å²) in [4.78, 5) is 20.5. The SMILES string of the molecule is CC.CC.CSC1=NC(=O)/C(=C/c2ccc3nc(C)oc3c2)S1. The number of rotatable bonds is 1. The molecule has 0 atom stereocenters. The molecule has 0 unspecified atom stereocenters. The highest BCUT2D eigenvalue weighted by atomic mass is 32.2. The molecule has 4 nitrogen and oxygen atoms in total. The molecule has 6 heteroatoms. The molecule has 23 heavy (non-hydrogen) atoms. The Kier molecular flexibility index (Phi) is 8.12. The summed E-state index contributed by atoms with van der Waals surface area (Å²) in [6, 6.07) is 5.69. The summed E-state index contributed by atoms with van der Waals surface area (Å²) in [6.07, 6.45) is 3.74. The van der Waals surface area contributed by atoms with Crippen LogP contribution in [0, 0.1) is 6.92 Å². The van der Waals surface area contributed by atoms with Crippen molar-refractivity contribution < 1.29 is 9.21 Å². The number of thioether (sulfide) groups is 2. The van der Waals surface area contributed by atoms with Gasteiger partial charge in [-0.1, -0.05) is 45.5 Å². The van der Waals surface area contributed by atoms with Crippen LogP contribution in [0.25, 0.3) is 17.2 Å². The number of aromatic nitrogens is 1. The smallest absolute Gasteiger partial charge is 0.285 e. The molecule has 1 aromatic carbocycles. The van der Waals surface area contributed by atoms with Crippen molar-refractivity contribution in [3.63, 3.8) is 0 Å². The molecular formula is C17H22N2O2S2. The highest BCUT2D eigenvalue weighted by Gasteiger charge is 2.21. The second-order valence-electron chi connectivity index (χ2n) is 3.96. The van der Waals surface area contributed by atoms with Crippen LogP contribution in [0.15, 0.2) is 32.5 Å². The number of benzene rings is 1. The molecule has 0 N–H and O–H groups in total. The van der Waals surface area contributed by atoms with Crippen molar-refractivity contribution in [2.24, 2.45) is 4.99 Å². The average molecular weight is 351 g/mol. The van der Waals surface area contributed by atoms with Gasteiger partial charge in [0.1, 0.15) is 9.89 Å². The van der Waals surface area contributed by atoms with E-state index < -0.39 is 0 Å². The van der Waals surface area contributed by atoms with Crippen molar-refractivity contribution in [2.75, 3.05) is 6.26 Å². The molecule has 2 aromatic rings. The van der Waals surface area contributed by atoms with Gasteiger partial charge in [0, 0.05) is 6.92 Å². The number of hydrogen-bond donors (Lipinski definition) is 0. The first-order valence-corrected chi connectivity index (χ1v) is 9.63. The third-order valence-corrected chi connectivity index (χ3v) is 4.56. The number of fused-ring (bicyclic) bond motifs is 1. The van der Waals surface area contributed by atoms with E-state index in [0.717, 1.165) is 21.0 Å². The van der Waals surface area contributed by atoms with Crippen LogP contribution >= 0.6 is 23.5 Å². The fourth-order valence-corrected chi connectivity index (χ4v) is 3.20. The second kappa shape index (κ2) is 9.57. The average Bonchev–Trinajstić information content (AvgIpc) is 3.12. The number of amides is 1. The third kappa shape index (κ3) is 4.97. The Morgan fingerprint density at radius 2 is 1.91 bits per heavy atom. The first-order valence-electron chi connectivity index (χ1n) is 7.59. The maximum Gasteiger partial charge on any atom is 0.285 e. The molecule has 1 aliphatic rings. The Morgan fingerprint density at radius 1 is 1.22 bits per heavy atom. The fourth-order valence-electron chi connectivity index (χ4n) is 1.77. The lowest BCUT2D eigenvalue weighted by molar-refractivity contribution is -0.113. The van der Waals surface area contributed by atoms with E-state index in [4.69, 9.17) is 4.42 Å². The van der Waals surface area contributed by atoms with Crippen LogP contribution in [0.2, 0.25) is 0 Å². The number of carbonyl (C=O) groups is 1. The predicted octanol–water partition coefficient (Wildman–Crippen LogP) is 5.52. The minimum Gasteiger partial charge on any atom is -0.441 e. The van der Waals surface area contributed by atoms with Crippen LogP contribution < -0.4 is 0 Å². The van der Waals surface area contributed by atoms with Crippen LogP contribution in [0.5, 0.6) is 0 Å². The van der Waals surface area contributed by atoms with E-state index in [0.29, 0.717) is 10.8 Å². The van der Waals surface area contributed by atoms with Crippen molar-refractivity contribution >= 4 is 51.0 Å². The Hall–Kier alpha value is -1.53. The zero-order valence-electron chi connectivity index (χ0n) is 14.3. The molecule has 124 valence electrons. The van der Waals surface area contributed by atoms with Gasteiger partial charge in [-0.15, -0.1) is 11.8 Å². The quantitative estimate of drug-likeness (QED) is 0.634. The Balaban J connectivity index is 0.000000615. The van der Waals surface area contributed by atoms with E-state index in [9.17, 15) is 4.79 Å². The summed E-state index contributed by atoms with van der Waals surface area (Å²) in [6.45, 7) is 9.81. The predicted molar refractivity (Wildman–Crippen MR) is 103 cm³/mol. The van der Waals surface area contributed by atoms with Gasteiger partial charge in [0.2, 0.25) is 0 Å². The van der Waals surface area contributed by atoms with Crippen molar-refractivity contribution in [1.29, 1.82) is 0 Å². The third-order valence-electron chi connectivity index (χ3n) is 2.59. The maximum atomic E-state index is 11.7. The Labute approximate surface area is 145 Å². The van der Waals surface area contributed by atoms with Crippen LogP contribution in [0.3, 0.4) is 0 Å². The van der Waals surface area contributed by atoms with Gasteiger partial charge in [0.05, 0.1) is 4.91 Å². The minimum atomic E-state index is -0.178. The summed E-state index contributed by atoms with van der Waals surface area (Å²) in [5.41, 5.74) is 2.47. The molecule has 0 radical (unpaired) electrons. The fraction of sp³-hybridized carbons (Fsp3) is 0.353. The first-order chi connectivity index (χ1) is 11.2. The van der Waals surface area contributed by atoms with E-state index in [2.05, 4.69) is 9.98 Å². The van der Waals surface area contributed by atoms with E-state index in [1.807, 2.05) is 65.1 Å². The van der Waals surface area contributed by atoms with Crippen molar-refractivity contribution in [2.45, 2.75) is 34.6 Å². The number of oxazole rings is 1. The summed E-state index contributed by atoms with van der Waals surface area (Å²) in [5, 5.41) is 0. The van der Waals surface area contributed by atoms with Gasteiger partial charge in [-0.25, -0.2) is 4.98 Å². The van der Waals surface area contributed by atoms with E-state index in [1.54, 1.807) is 0 Å². The van der Waals surface area contributed by atoms with Crippen molar-refractivity contribution in [1.82, 2.24) is 4.98 Å². The van der Waals surface area contributed by atoms with E-state index in [-0.39, 0.29) is 5.91 Å². The van der Waals surface area contributed by atoms with Crippen LogP contribution in [-0.2, 0) is 4.79 Å². The Bertz CT molecular complexity index is 733. The van der Waals surface area contributed by atoms with Gasteiger partial charge in [0.25, 0.3) is 5.91 Å². The van der Waals surface area contributed by atoms with Gasteiger partial charge < -0.3 is 4.42 Å². The molecule has 2 heterocycles. The summed E-state index contributed by atoms with van der Waals surface area (Å²) in [5.74, 6) is 0.460. The highest BCUT2D eigenvalue weighted by Crippen LogP contribution is 2.33. The minimum absolute atomic E-state index is 0.178. The lowest BCUT2D eigenvalue weighted by Gasteiger charge is -1.95. The Morgan fingerprint density at radius 3 is 2.52 bits per heavy atom. The molecule has 0 saturated heterocycles. The number of aliphatic imine (C=N–C) groups is 1. The van der Waals surface area contributed by atoms with Gasteiger partial charge >= 0.3 is 0 Å². The maximum absolute atomic E-state index is 11.7. The lowest BCUT2D eigenvalue weighted by atomic mass is 10.2. The molecular weight excluding hydrogens is 328 g/mol. The molecule has 0 bridgehead atoms. The summed E-state index contributed by atoms with van der Waals surface area (Å²) in [7, 11) is 0. The zero-order chi connectivity index (χ0) is 17.4. The highest BCUT2D eigenvalue weighted by molar-refractivity contribution is 8.40. The van der Waals surface area contributed by atoms with E-state index >= 15 is 0 Å². The van der Waals surface area contributed by atoms with Gasteiger partial charge in [-0.05, 0) is 30.0 Å². The molecule has 1 amide bonds. The number of nitrogens with zero attached hydrogens (tertiary/aromatic N) is 2. The van der Waals surface area contributed by atoms with Crippen LogP contribution in [0.4, 0.5) is 0 Å². The van der Waals surface area contributed by atoms with Crippen LogP contribution in [-0.4, -0.2) is 21.5 Å². The zero-order valence-corrected chi connectivity index (χ0v) is 16.0. The van der Waals surface area contributed by atoms with Gasteiger partial charge in [0.15, 0.2) is 11.5 Å². The number of aryl methyl sites for hydroxylation is 1. The molecule has 0 aliphatic carbocycles. The lowest BCUT2D eigenvalue weighted by Crippen LogP contribution is -1.87. The summed E-state index contributed by atoms with van der Waals surface area (Å²) < 4.78 is 6.26. The molecule has 3 rings (SSSR count). The van der Waals surface area contributed by atoms with Crippen molar-refractivity contribution in [3.8, 4) is 0 Å². The normalized spacial score (nSPS) is 15.0. The molecule has 0 saturated carbocycles. The second-order valence-corrected chi connectivity index (χ2v) is 6.04. The molecule has 1 aliphatic heterocycles.